The molecule has 0 unspecified atom stereocenters. The number of aromatic nitrogens is 2. The second kappa shape index (κ2) is 8.53. The van der Waals surface area contributed by atoms with E-state index in [4.69, 9.17) is 0 Å². The first-order valence-corrected chi connectivity index (χ1v) is 10.3. The van der Waals surface area contributed by atoms with Gasteiger partial charge in [-0.3, -0.25) is 9.59 Å². The number of rotatable bonds is 7. The van der Waals surface area contributed by atoms with Gasteiger partial charge in [0.25, 0.3) is 5.91 Å². The zero-order chi connectivity index (χ0) is 21.1. The van der Waals surface area contributed by atoms with E-state index in [9.17, 15) is 9.59 Å². The van der Waals surface area contributed by atoms with Gasteiger partial charge in [-0.25, -0.2) is 4.68 Å². The van der Waals surface area contributed by atoms with Gasteiger partial charge in [-0.2, -0.15) is 5.10 Å². The fourth-order valence-electron chi connectivity index (χ4n) is 3.25. The van der Waals surface area contributed by atoms with E-state index in [0.717, 1.165) is 24.1 Å². The highest BCUT2D eigenvalue weighted by atomic mass is 16.2. The quantitative estimate of drug-likeness (QED) is 0.633. The molecule has 1 aliphatic rings. The maximum absolute atomic E-state index is 12.9. The Labute approximate surface area is 176 Å². The van der Waals surface area contributed by atoms with E-state index in [1.165, 1.54) is 5.56 Å². The molecule has 2 amide bonds. The van der Waals surface area contributed by atoms with Crippen LogP contribution in [0.3, 0.4) is 0 Å². The van der Waals surface area contributed by atoms with Gasteiger partial charge in [-0.15, -0.1) is 0 Å². The third-order valence-electron chi connectivity index (χ3n) is 5.18. The highest BCUT2D eigenvalue weighted by Gasteiger charge is 2.24. The molecule has 0 radical (unpaired) electrons. The van der Waals surface area contributed by atoms with Gasteiger partial charge in [0.15, 0.2) is 0 Å². The van der Waals surface area contributed by atoms with Gasteiger partial charge in [0, 0.05) is 17.8 Å². The number of hydrogen-bond acceptors (Lipinski definition) is 3. The van der Waals surface area contributed by atoms with Crippen molar-refractivity contribution in [3.05, 3.63) is 71.9 Å². The van der Waals surface area contributed by atoms with Crippen LogP contribution >= 0.6 is 0 Å². The van der Waals surface area contributed by atoms with Crippen LogP contribution in [0.1, 0.15) is 48.5 Å². The number of hydrogen-bond donors (Lipinski definition) is 2. The van der Waals surface area contributed by atoms with E-state index < -0.39 is 0 Å². The Balaban J connectivity index is 1.62. The van der Waals surface area contributed by atoms with Gasteiger partial charge in [0.2, 0.25) is 5.91 Å². The van der Waals surface area contributed by atoms with E-state index in [1.807, 2.05) is 42.5 Å². The topological polar surface area (TPSA) is 76.0 Å². The first kappa shape index (κ1) is 19.9. The zero-order valence-electron chi connectivity index (χ0n) is 17.3. The smallest absolute Gasteiger partial charge is 0.255 e. The van der Waals surface area contributed by atoms with Crippen molar-refractivity contribution < 1.29 is 9.59 Å². The largest absolute Gasteiger partial charge is 0.352 e. The van der Waals surface area contributed by atoms with E-state index in [2.05, 4.69) is 41.7 Å². The Morgan fingerprint density at radius 2 is 1.77 bits per heavy atom. The Morgan fingerprint density at radius 1 is 1.07 bits per heavy atom. The molecular formula is C24H26N4O2. The van der Waals surface area contributed by atoms with Crippen molar-refractivity contribution in [3.8, 4) is 16.9 Å². The number of amides is 2. The van der Waals surface area contributed by atoms with Crippen LogP contribution in [0.25, 0.3) is 16.9 Å². The van der Waals surface area contributed by atoms with E-state index in [1.54, 1.807) is 10.9 Å². The Kier molecular flexibility index (Phi) is 5.65. The fraction of sp³-hybridized carbons (Fsp3) is 0.292. The summed E-state index contributed by atoms with van der Waals surface area (Å²) >= 11 is 0. The maximum Gasteiger partial charge on any atom is 0.255 e. The van der Waals surface area contributed by atoms with Crippen molar-refractivity contribution in [2.45, 2.75) is 38.6 Å². The molecule has 0 aliphatic heterocycles. The Morgan fingerprint density at radius 3 is 2.40 bits per heavy atom. The number of para-hydroxylation sites is 1. The zero-order valence-corrected chi connectivity index (χ0v) is 17.3. The highest BCUT2D eigenvalue weighted by Crippen LogP contribution is 2.26. The number of carbonyl (C=O) groups is 2. The molecule has 0 bridgehead atoms. The van der Waals surface area contributed by atoms with Crippen molar-refractivity contribution in [1.29, 1.82) is 0 Å². The van der Waals surface area contributed by atoms with Crippen molar-refractivity contribution >= 4 is 11.8 Å². The number of benzene rings is 2. The van der Waals surface area contributed by atoms with Gasteiger partial charge < -0.3 is 10.6 Å². The van der Waals surface area contributed by atoms with Crippen LogP contribution in [0.15, 0.2) is 60.8 Å². The molecule has 0 saturated heterocycles. The molecule has 0 atom stereocenters. The molecular weight excluding hydrogens is 376 g/mol. The minimum atomic E-state index is -0.314. The number of carbonyl (C=O) groups excluding carboxylic acids is 2. The van der Waals surface area contributed by atoms with Crippen molar-refractivity contribution in [1.82, 2.24) is 20.4 Å². The summed E-state index contributed by atoms with van der Waals surface area (Å²) in [5.74, 6) is -0.0520. The predicted molar refractivity (Wildman–Crippen MR) is 117 cm³/mol. The summed E-state index contributed by atoms with van der Waals surface area (Å²) in [5.41, 5.74) is 3.98. The summed E-state index contributed by atoms with van der Waals surface area (Å²) in [7, 11) is 0. The summed E-state index contributed by atoms with van der Waals surface area (Å²) in [5, 5.41) is 10.3. The van der Waals surface area contributed by atoms with Crippen LogP contribution in [0, 0.1) is 0 Å². The lowest BCUT2D eigenvalue weighted by Gasteiger charge is -2.08. The van der Waals surface area contributed by atoms with E-state index >= 15 is 0 Å². The van der Waals surface area contributed by atoms with E-state index in [0.29, 0.717) is 17.2 Å². The first-order chi connectivity index (χ1) is 14.5. The van der Waals surface area contributed by atoms with Gasteiger partial charge >= 0.3 is 0 Å². The summed E-state index contributed by atoms with van der Waals surface area (Å²) in [6.07, 6.45) is 3.75. The molecule has 0 spiro atoms. The molecule has 1 aromatic heterocycles. The van der Waals surface area contributed by atoms with Crippen LogP contribution in [0.5, 0.6) is 0 Å². The molecule has 1 saturated carbocycles. The lowest BCUT2D eigenvalue weighted by molar-refractivity contribution is -0.120. The monoisotopic (exact) mass is 402 g/mol. The predicted octanol–water partition coefficient (Wildman–Crippen LogP) is 3.67. The third kappa shape index (κ3) is 4.59. The van der Waals surface area contributed by atoms with Gasteiger partial charge in [-0.1, -0.05) is 56.3 Å². The summed E-state index contributed by atoms with van der Waals surface area (Å²) in [6.45, 7) is 4.24. The van der Waals surface area contributed by atoms with Crippen LogP contribution in [0.4, 0.5) is 0 Å². The van der Waals surface area contributed by atoms with Crippen LogP contribution in [-0.4, -0.2) is 34.2 Å². The maximum atomic E-state index is 12.9. The number of nitrogens with zero attached hydrogens (tertiary/aromatic N) is 2. The second-order valence-corrected chi connectivity index (χ2v) is 7.97. The van der Waals surface area contributed by atoms with Crippen molar-refractivity contribution in [3.63, 3.8) is 0 Å². The SMILES string of the molecule is CC(C)c1ccc(-c2nn(-c3ccccc3)cc2C(=O)NCC(=O)NC2CC2)cc1. The summed E-state index contributed by atoms with van der Waals surface area (Å²) in [6, 6.07) is 18.0. The van der Waals surface area contributed by atoms with Crippen LogP contribution in [0.2, 0.25) is 0 Å². The number of nitrogens with one attached hydrogen (secondary N) is 2. The van der Waals surface area contributed by atoms with Gasteiger partial charge in [0.1, 0.15) is 5.69 Å². The molecule has 3 aromatic rings. The summed E-state index contributed by atoms with van der Waals surface area (Å²) in [4.78, 5) is 24.9. The average Bonchev–Trinajstić information content (AvgIpc) is 3.46. The molecule has 1 heterocycles. The van der Waals surface area contributed by atoms with Gasteiger partial charge in [0.05, 0.1) is 17.8 Å². The molecule has 2 N–H and O–H groups in total. The molecule has 6 heteroatoms. The highest BCUT2D eigenvalue weighted by molar-refractivity contribution is 6.01. The van der Waals surface area contributed by atoms with Crippen molar-refractivity contribution in [2.75, 3.05) is 6.54 Å². The average molecular weight is 402 g/mol. The third-order valence-corrected chi connectivity index (χ3v) is 5.18. The van der Waals surface area contributed by atoms with E-state index in [-0.39, 0.29) is 24.4 Å². The Hall–Kier alpha value is -3.41. The fourth-order valence-corrected chi connectivity index (χ4v) is 3.25. The normalized spacial score (nSPS) is 13.3. The lowest BCUT2D eigenvalue weighted by atomic mass is 10.00. The standard InChI is InChI=1S/C24H26N4O2/c1-16(2)17-8-10-18(11-9-17)23-21(15-28(27-23)20-6-4-3-5-7-20)24(30)25-14-22(29)26-19-12-13-19/h3-11,15-16,19H,12-14H2,1-2H3,(H,25,30)(H,26,29). The molecule has 154 valence electrons. The second-order valence-electron chi connectivity index (χ2n) is 7.97. The molecule has 1 aliphatic carbocycles. The molecule has 30 heavy (non-hydrogen) atoms. The van der Waals surface area contributed by atoms with Crippen LogP contribution in [-0.2, 0) is 4.79 Å². The summed E-state index contributed by atoms with van der Waals surface area (Å²) < 4.78 is 1.70. The minimum absolute atomic E-state index is 0.0441. The minimum Gasteiger partial charge on any atom is -0.352 e. The lowest BCUT2D eigenvalue weighted by Crippen LogP contribution is -2.37. The molecule has 2 aromatic carbocycles. The first-order valence-electron chi connectivity index (χ1n) is 10.3. The molecule has 4 rings (SSSR count). The van der Waals surface area contributed by atoms with Crippen molar-refractivity contribution in [2.24, 2.45) is 0 Å². The Bertz CT molecular complexity index is 1030. The van der Waals surface area contributed by atoms with Crippen LogP contribution < -0.4 is 10.6 Å². The van der Waals surface area contributed by atoms with Gasteiger partial charge in [-0.05, 0) is 36.5 Å². The molecule has 1 fully saturated rings. The molecule has 6 nitrogen and oxygen atoms in total.